The molecule has 1 aromatic carbocycles. The maximum atomic E-state index is 12.0. The minimum absolute atomic E-state index is 0.0932. The molecule has 2 amide bonds. The number of rotatable bonds is 4. The van der Waals surface area contributed by atoms with Crippen molar-refractivity contribution >= 4 is 23.3 Å². The largest absolute Gasteiger partial charge is 0.374 e. The van der Waals surface area contributed by atoms with E-state index in [9.17, 15) is 14.4 Å². The molecule has 1 fully saturated rings. The first-order valence-electron chi connectivity index (χ1n) is 6.73. The predicted octanol–water partition coefficient (Wildman–Crippen LogP) is 1.84. The Labute approximate surface area is 118 Å². The summed E-state index contributed by atoms with van der Waals surface area (Å²) in [5, 5.41) is 3.11. The Bertz CT molecular complexity index is 537. The van der Waals surface area contributed by atoms with Crippen LogP contribution in [0.4, 0.5) is 5.69 Å². The van der Waals surface area contributed by atoms with Gasteiger partial charge in [0.25, 0.3) is 5.91 Å². The highest BCUT2D eigenvalue weighted by molar-refractivity contribution is 6.01. The number of carbonyl (C=O) groups is 3. The fraction of sp³-hybridized carbons (Fsp3) is 0.400. The van der Waals surface area contributed by atoms with Crippen LogP contribution in [0.15, 0.2) is 24.3 Å². The molecule has 1 aliphatic rings. The number of hydrogen-bond donors (Lipinski definition) is 1. The summed E-state index contributed by atoms with van der Waals surface area (Å²) in [6.07, 6.45) is 1.34. The molecule has 1 unspecified atom stereocenters. The van der Waals surface area contributed by atoms with Gasteiger partial charge in [-0.15, -0.1) is 0 Å². The zero-order valence-corrected chi connectivity index (χ0v) is 11.7. The van der Waals surface area contributed by atoms with E-state index in [0.717, 1.165) is 10.6 Å². The number of carbonyl (C=O) groups excluding carboxylic acids is 3. The van der Waals surface area contributed by atoms with Crippen molar-refractivity contribution in [2.24, 2.45) is 0 Å². The summed E-state index contributed by atoms with van der Waals surface area (Å²) < 4.78 is 0. The average Bonchev–Trinajstić information content (AvgIpc) is 2.48. The lowest BCUT2D eigenvalue weighted by atomic mass is 10.0. The Kier molecular flexibility index (Phi) is 4.17. The van der Waals surface area contributed by atoms with Crippen LogP contribution in [0.25, 0.3) is 0 Å². The molecule has 1 saturated heterocycles. The highest BCUT2D eigenvalue weighted by Crippen LogP contribution is 2.18. The molecule has 5 nitrogen and oxygen atoms in total. The lowest BCUT2D eigenvalue weighted by Crippen LogP contribution is -2.48. The van der Waals surface area contributed by atoms with E-state index in [0.29, 0.717) is 24.8 Å². The van der Waals surface area contributed by atoms with E-state index >= 15 is 0 Å². The molecule has 0 saturated carbocycles. The van der Waals surface area contributed by atoms with Gasteiger partial charge in [-0.25, -0.2) is 0 Å². The van der Waals surface area contributed by atoms with Crippen LogP contribution in [0.1, 0.15) is 36.5 Å². The van der Waals surface area contributed by atoms with Crippen LogP contribution in [0, 0.1) is 0 Å². The maximum Gasteiger partial charge on any atom is 0.251 e. The molecule has 106 valence electrons. The number of benzene rings is 1. The molecular formula is C15H18N2O3. The number of likely N-dealkylation sites (tertiary alicyclic amines) is 1. The topological polar surface area (TPSA) is 66.5 Å². The van der Waals surface area contributed by atoms with E-state index in [-0.39, 0.29) is 23.6 Å². The summed E-state index contributed by atoms with van der Waals surface area (Å²) in [6.45, 7) is 1.82. The molecule has 1 heterocycles. The molecule has 5 heteroatoms. The van der Waals surface area contributed by atoms with Crippen molar-refractivity contribution in [1.82, 2.24) is 4.90 Å². The fourth-order valence-electron chi connectivity index (χ4n) is 2.21. The molecule has 0 aliphatic carbocycles. The van der Waals surface area contributed by atoms with Gasteiger partial charge >= 0.3 is 0 Å². The zero-order chi connectivity index (χ0) is 14.7. The van der Waals surface area contributed by atoms with E-state index in [1.807, 2.05) is 6.92 Å². The smallest absolute Gasteiger partial charge is 0.251 e. The molecule has 1 aromatic rings. The van der Waals surface area contributed by atoms with E-state index in [2.05, 4.69) is 5.32 Å². The van der Waals surface area contributed by atoms with E-state index in [1.54, 1.807) is 24.3 Å². The molecule has 1 atom stereocenters. The van der Waals surface area contributed by atoms with Gasteiger partial charge in [-0.05, 0) is 30.7 Å². The molecule has 1 aliphatic heterocycles. The quantitative estimate of drug-likeness (QED) is 0.672. The van der Waals surface area contributed by atoms with Crippen LogP contribution in [-0.2, 0) is 9.59 Å². The number of ketones is 1. The van der Waals surface area contributed by atoms with Gasteiger partial charge in [0.2, 0.25) is 5.91 Å². The molecular weight excluding hydrogens is 256 g/mol. The summed E-state index contributed by atoms with van der Waals surface area (Å²) in [6, 6.07) is 6.68. The number of nitrogens with zero attached hydrogens (tertiary/aromatic N) is 1. The van der Waals surface area contributed by atoms with Crippen LogP contribution in [0.5, 0.6) is 0 Å². The minimum Gasteiger partial charge on any atom is -0.374 e. The monoisotopic (exact) mass is 274 g/mol. The van der Waals surface area contributed by atoms with Crippen molar-refractivity contribution in [3.63, 3.8) is 0 Å². The average molecular weight is 274 g/mol. The number of likely N-dealkylation sites (N-methyl/N-ethyl adjacent to an activating group) is 1. The minimum atomic E-state index is -0.384. The molecule has 0 bridgehead atoms. The van der Waals surface area contributed by atoms with E-state index in [4.69, 9.17) is 0 Å². The van der Waals surface area contributed by atoms with Crippen LogP contribution < -0.4 is 5.32 Å². The van der Waals surface area contributed by atoms with Gasteiger partial charge in [0, 0.05) is 31.1 Å². The third-order valence-electron chi connectivity index (χ3n) is 3.52. The standard InChI is InChI=1S/C15H18N2O3/c1-3-13(18)10-4-6-11(7-5-10)16-12-8-9-14(19)17(2)15(12)20/h4-7,12,16H,3,8-9H2,1-2H3. The zero-order valence-electron chi connectivity index (χ0n) is 11.7. The molecule has 2 rings (SSSR count). The SMILES string of the molecule is CCC(=O)c1ccc(NC2CCC(=O)N(C)C2=O)cc1. The number of anilines is 1. The van der Waals surface area contributed by atoms with Gasteiger partial charge in [-0.1, -0.05) is 6.92 Å². The van der Waals surface area contributed by atoms with Crippen molar-refractivity contribution in [2.45, 2.75) is 32.2 Å². The number of piperidine rings is 1. The number of nitrogens with one attached hydrogen (secondary N) is 1. The van der Waals surface area contributed by atoms with Crippen LogP contribution >= 0.6 is 0 Å². The normalized spacial score (nSPS) is 19.1. The second-order valence-corrected chi connectivity index (χ2v) is 4.88. The van der Waals surface area contributed by atoms with Crippen LogP contribution in [-0.4, -0.2) is 35.6 Å². The second kappa shape index (κ2) is 5.86. The Balaban J connectivity index is 2.05. The number of Topliss-reactive ketones (excluding diaryl/α,β-unsaturated/α-hetero) is 1. The molecule has 20 heavy (non-hydrogen) atoms. The lowest BCUT2D eigenvalue weighted by molar-refractivity contribution is -0.146. The fourth-order valence-corrected chi connectivity index (χ4v) is 2.21. The first-order chi connectivity index (χ1) is 9.52. The van der Waals surface area contributed by atoms with Gasteiger partial charge in [0.05, 0.1) is 0 Å². The second-order valence-electron chi connectivity index (χ2n) is 4.88. The van der Waals surface area contributed by atoms with Crippen LogP contribution in [0.2, 0.25) is 0 Å². The Morgan fingerprint density at radius 1 is 1.30 bits per heavy atom. The highest BCUT2D eigenvalue weighted by atomic mass is 16.2. The maximum absolute atomic E-state index is 12.0. The Hall–Kier alpha value is -2.17. The van der Waals surface area contributed by atoms with Crippen molar-refractivity contribution in [3.8, 4) is 0 Å². The highest BCUT2D eigenvalue weighted by Gasteiger charge is 2.31. The summed E-state index contributed by atoms with van der Waals surface area (Å²) in [5.74, 6) is -0.262. The van der Waals surface area contributed by atoms with Gasteiger partial charge in [-0.2, -0.15) is 0 Å². The van der Waals surface area contributed by atoms with Gasteiger partial charge in [0.15, 0.2) is 5.78 Å². The number of amides is 2. The molecule has 0 aromatic heterocycles. The Morgan fingerprint density at radius 3 is 2.55 bits per heavy atom. The summed E-state index contributed by atoms with van der Waals surface area (Å²) in [7, 11) is 1.50. The first kappa shape index (κ1) is 14.2. The van der Waals surface area contributed by atoms with Crippen LogP contribution in [0.3, 0.4) is 0 Å². The van der Waals surface area contributed by atoms with Gasteiger partial charge in [-0.3, -0.25) is 19.3 Å². The van der Waals surface area contributed by atoms with Crippen molar-refractivity contribution in [3.05, 3.63) is 29.8 Å². The first-order valence-corrected chi connectivity index (χ1v) is 6.73. The van der Waals surface area contributed by atoms with Gasteiger partial charge in [0.1, 0.15) is 6.04 Å². The molecule has 0 spiro atoms. The van der Waals surface area contributed by atoms with Crippen molar-refractivity contribution < 1.29 is 14.4 Å². The van der Waals surface area contributed by atoms with E-state index in [1.165, 1.54) is 7.05 Å². The Morgan fingerprint density at radius 2 is 1.95 bits per heavy atom. The number of hydrogen-bond acceptors (Lipinski definition) is 4. The summed E-state index contributed by atoms with van der Waals surface area (Å²) in [5.41, 5.74) is 1.44. The molecule has 1 N–H and O–H groups in total. The summed E-state index contributed by atoms with van der Waals surface area (Å²) in [4.78, 5) is 36.0. The number of imide groups is 1. The van der Waals surface area contributed by atoms with Crippen molar-refractivity contribution in [1.29, 1.82) is 0 Å². The molecule has 0 radical (unpaired) electrons. The lowest BCUT2D eigenvalue weighted by Gasteiger charge is -2.28. The third-order valence-corrected chi connectivity index (χ3v) is 3.52. The third kappa shape index (κ3) is 2.87. The predicted molar refractivity (Wildman–Crippen MR) is 75.5 cm³/mol. The van der Waals surface area contributed by atoms with E-state index < -0.39 is 0 Å². The summed E-state index contributed by atoms with van der Waals surface area (Å²) >= 11 is 0. The van der Waals surface area contributed by atoms with Gasteiger partial charge < -0.3 is 5.32 Å². The van der Waals surface area contributed by atoms with Crippen molar-refractivity contribution in [2.75, 3.05) is 12.4 Å².